The highest BCUT2D eigenvalue weighted by molar-refractivity contribution is 6.30. The van der Waals surface area contributed by atoms with Crippen molar-refractivity contribution >= 4 is 23.3 Å². The van der Waals surface area contributed by atoms with Gasteiger partial charge in [0.05, 0.1) is 6.54 Å². The molecule has 210 valence electrons. The van der Waals surface area contributed by atoms with Gasteiger partial charge in [0.2, 0.25) is 5.91 Å². The molecular weight excluding hydrogens is 555 g/mol. The molecule has 1 fully saturated rings. The van der Waals surface area contributed by atoms with Crippen LogP contribution in [-0.4, -0.2) is 70.0 Å². The van der Waals surface area contributed by atoms with Crippen LogP contribution in [0.3, 0.4) is 0 Å². The minimum atomic E-state index is -4.94. The number of nitrogens with two attached hydrogens (primary N) is 1. The van der Waals surface area contributed by atoms with E-state index in [2.05, 4.69) is 20.2 Å². The predicted octanol–water partition coefficient (Wildman–Crippen LogP) is 1.77. The number of carbonyl (C=O) groups is 1. The minimum absolute atomic E-state index is 0.0922. The first-order valence-electron chi connectivity index (χ1n) is 12.1. The molecule has 1 aromatic carbocycles. The molecular formula is C24H23ClF3N9O3. The zero-order chi connectivity index (χ0) is 28.6. The van der Waals surface area contributed by atoms with Gasteiger partial charge in [0, 0.05) is 23.3 Å². The molecule has 2 atom stereocenters. The van der Waals surface area contributed by atoms with Gasteiger partial charge in [0.25, 0.3) is 0 Å². The van der Waals surface area contributed by atoms with Crippen LogP contribution >= 0.6 is 11.6 Å². The van der Waals surface area contributed by atoms with Crippen molar-refractivity contribution in [2.24, 2.45) is 5.73 Å². The topological polar surface area (TPSA) is 150 Å². The summed E-state index contributed by atoms with van der Waals surface area (Å²) in [5.74, 6) is 0.0576. The smallest absolute Gasteiger partial charge is 0.382 e. The molecule has 4 aromatic rings. The van der Waals surface area contributed by atoms with Crippen LogP contribution in [-0.2, 0) is 17.9 Å². The van der Waals surface area contributed by atoms with E-state index >= 15 is 0 Å². The van der Waals surface area contributed by atoms with Gasteiger partial charge >= 0.3 is 11.9 Å². The van der Waals surface area contributed by atoms with Crippen LogP contribution in [0.1, 0.15) is 18.7 Å². The Morgan fingerprint density at radius 2 is 1.93 bits per heavy atom. The Morgan fingerprint density at radius 1 is 1.18 bits per heavy atom. The van der Waals surface area contributed by atoms with Gasteiger partial charge in [-0.3, -0.25) is 9.36 Å². The lowest BCUT2D eigenvalue weighted by Crippen LogP contribution is -2.41. The Bertz CT molecular complexity index is 1580. The lowest BCUT2D eigenvalue weighted by Gasteiger charge is -2.25. The number of nitrogens with zero attached hydrogens (tertiary/aromatic N) is 8. The van der Waals surface area contributed by atoms with Crippen molar-refractivity contribution < 1.29 is 23.1 Å². The molecule has 0 radical (unpaired) electrons. The largest absolute Gasteiger partial charge is 0.416 e. The highest BCUT2D eigenvalue weighted by Gasteiger charge is 2.39. The third-order valence-corrected chi connectivity index (χ3v) is 6.71. The number of carbonyl (C=O) groups excluding carboxylic acids is 1. The molecule has 1 aliphatic rings. The SMILES string of the molecule is NC(=O)[C@@H]1CCCN1c1ncccc1-n1cnc(Cn2nc(-c3ccc(Cl)cc3)n(CC(O)C(F)(F)F)c2=O)n1. The van der Waals surface area contributed by atoms with E-state index in [0.717, 1.165) is 15.7 Å². The first kappa shape index (κ1) is 27.3. The maximum absolute atomic E-state index is 13.1. The van der Waals surface area contributed by atoms with E-state index in [9.17, 15) is 27.9 Å². The van der Waals surface area contributed by atoms with Crippen LogP contribution in [0.5, 0.6) is 0 Å². The van der Waals surface area contributed by atoms with Gasteiger partial charge in [0.1, 0.15) is 24.6 Å². The summed E-state index contributed by atoms with van der Waals surface area (Å²) in [5, 5.41) is 18.7. The number of pyridine rings is 1. The van der Waals surface area contributed by atoms with Gasteiger partial charge in [0.15, 0.2) is 23.6 Å². The van der Waals surface area contributed by atoms with Crippen LogP contribution < -0.4 is 16.3 Å². The van der Waals surface area contributed by atoms with Crippen molar-refractivity contribution in [3.63, 3.8) is 0 Å². The summed E-state index contributed by atoms with van der Waals surface area (Å²) in [4.78, 5) is 35.5. The molecule has 16 heteroatoms. The highest BCUT2D eigenvalue weighted by atomic mass is 35.5. The molecule has 0 aliphatic carbocycles. The van der Waals surface area contributed by atoms with Crippen LogP contribution in [0.2, 0.25) is 5.02 Å². The Balaban J connectivity index is 1.47. The number of rotatable bonds is 8. The summed E-state index contributed by atoms with van der Waals surface area (Å²) in [5.41, 5.74) is 5.51. The van der Waals surface area contributed by atoms with Gasteiger partial charge in [-0.1, -0.05) is 11.6 Å². The second-order valence-corrected chi connectivity index (χ2v) is 9.58. The Labute approximate surface area is 229 Å². The van der Waals surface area contributed by atoms with E-state index in [1.54, 1.807) is 23.2 Å². The highest BCUT2D eigenvalue weighted by Crippen LogP contribution is 2.29. The molecule has 3 N–H and O–H groups in total. The number of hydrogen-bond donors (Lipinski definition) is 2. The molecule has 5 rings (SSSR count). The number of benzene rings is 1. The average molecular weight is 578 g/mol. The fourth-order valence-corrected chi connectivity index (χ4v) is 4.65. The number of aromatic nitrogens is 7. The molecule has 1 amide bonds. The summed E-state index contributed by atoms with van der Waals surface area (Å²) in [7, 11) is 0. The van der Waals surface area contributed by atoms with Crippen LogP contribution in [0.4, 0.5) is 19.0 Å². The summed E-state index contributed by atoms with van der Waals surface area (Å²) in [6.07, 6.45) is -3.41. The molecule has 3 aromatic heterocycles. The molecule has 0 bridgehead atoms. The number of aliphatic hydroxyl groups excluding tert-OH is 1. The van der Waals surface area contributed by atoms with Gasteiger partial charge in [-0.25, -0.2) is 24.1 Å². The third-order valence-electron chi connectivity index (χ3n) is 6.46. The molecule has 1 aliphatic heterocycles. The quantitative estimate of drug-likeness (QED) is 0.322. The number of halogens is 4. The van der Waals surface area contributed by atoms with E-state index in [0.29, 0.717) is 35.1 Å². The summed E-state index contributed by atoms with van der Waals surface area (Å²) in [6, 6.07) is 8.91. The number of aliphatic hydroxyl groups is 1. The van der Waals surface area contributed by atoms with Gasteiger partial charge < -0.3 is 15.7 Å². The van der Waals surface area contributed by atoms with Crippen molar-refractivity contribution in [2.45, 2.75) is 44.3 Å². The fraction of sp³-hybridized carbons (Fsp3) is 0.333. The Hall–Kier alpha value is -4.24. The lowest BCUT2D eigenvalue weighted by molar-refractivity contribution is -0.207. The zero-order valence-electron chi connectivity index (χ0n) is 20.7. The minimum Gasteiger partial charge on any atom is -0.382 e. The van der Waals surface area contributed by atoms with Crippen molar-refractivity contribution in [1.82, 2.24) is 34.1 Å². The normalized spacial score (nSPS) is 16.4. The summed E-state index contributed by atoms with van der Waals surface area (Å²) < 4.78 is 42.4. The number of anilines is 1. The van der Waals surface area contributed by atoms with E-state index in [-0.39, 0.29) is 18.2 Å². The molecule has 40 heavy (non-hydrogen) atoms. The first-order chi connectivity index (χ1) is 19.0. The molecule has 0 saturated carbocycles. The van der Waals surface area contributed by atoms with Crippen molar-refractivity contribution in [3.8, 4) is 17.1 Å². The average Bonchev–Trinajstić information content (AvgIpc) is 3.65. The maximum atomic E-state index is 13.1. The molecule has 12 nitrogen and oxygen atoms in total. The third kappa shape index (κ3) is 5.42. The van der Waals surface area contributed by atoms with Crippen molar-refractivity contribution in [3.05, 3.63) is 70.3 Å². The van der Waals surface area contributed by atoms with Crippen molar-refractivity contribution in [2.75, 3.05) is 11.4 Å². The molecule has 1 unspecified atom stereocenters. The van der Waals surface area contributed by atoms with E-state index < -0.39 is 36.5 Å². The van der Waals surface area contributed by atoms with Gasteiger partial charge in [-0.05, 0) is 49.2 Å². The van der Waals surface area contributed by atoms with E-state index in [1.165, 1.54) is 35.3 Å². The van der Waals surface area contributed by atoms with E-state index in [1.807, 2.05) is 0 Å². The lowest BCUT2D eigenvalue weighted by atomic mass is 10.2. The van der Waals surface area contributed by atoms with E-state index in [4.69, 9.17) is 17.3 Å². The van der Waals surface area contributed by atoms with Crippen LogP contribution in [0, 0.1) is 0 Å². The van der Waals surface area contributed by atoms with Gasteiger partial charge in [-0.2, -0.15) is 13.2 Å². The van der Waals surface area contributed by atoms with Gasteiger partial charge in [-0.15, -0.1) is 10.2 Å². The monoisotopic (exact) mass is 577 g/mol. The van der Waals surface area contributed by atoms with Crippen LogP contribution in [0.25, 0.3) is 17.1 Å². The Morgan fingerprint density at radius 3 is 2.62 bits per heavy atom. The zero-order valence-corrected chi connectivity index (χ0v) is 21.5. The predicted molar refractivity (Wildman–Crippen MR) is 137 cm³/mol. The standard InChI is InChI=1S/C24H23ClF3N9O3/c25-15-7-5-14(6-8-15)21-33-36(23(40)35(21)11-18(38)24(26,27)28)12-19-31-13-37(32-19)17-3-1-9-30-22(17)34-10-2-4-16(34)20(29)39/h1,3,5-9,13,16,18,38H,2,4,10-12H2,(H2,29,39)/t16-,18?/m0/s1. The Kier molecular flexibility index (Phi) is 7.33. The van der Waals surface area contributed by atoms with Crippen molar-refractivity contribution in [1.29, 1.82) is 0 Å². The first-order valence-corrected chi connectivity index (χ1v) is 12.5. The number of amides is 1. The number of primary amides is 1. The number of alkyl halides is 3. The number of hydrogen-bond acceptors (Lipinski definition) is 8. The van der Waals surface area contributed by atoms with Crippen LogP contribution in [0.15, 0.2) is 53.7 Å². The summed E-state index contributed by atoms with van der Waals surface area (Å²) in [6.45, 7) is -0.758. The molecule has 4 heterocycles. The molecule has 1 saturated heterocycles. The second kappa shape index (κ2) is 10.7. The fourth-order valence-electron chi connectivity index (χ4n) is 4.52. The second-order valence-electron chi connectivity index (χ2n) is 9.14. The molecule has 0 spiro atoms. The summed E-state index contributed by atoms with van der Waals surface area (Å²) >= 11 is 5.92. The maximum Gasteiger partial charge on any atom is 0.416 e.